The normalized spacial score (nSPS) is 15.8. The molecular formula is C23H23ClN2O3S. The first-order chi connectivity index (χ1) is 14.4. The maximum absolute atomic E-state index is 12.6. The van der Waals surface area contributed by atoms with Crippen molar-refractivity contribution in [1.82, 2.24) is 10.3 Å². The van der Waals surface area contributed by atoms with Crippen LogP contribution in [0, 0.1) is 5.92 Å². The second kappa shape index (κ2) is 9.87. The van der Waals surface area contributed by atoms with Gasteiger partial charge in [0.25, 0.3) is 0 Å². The number of hydrogen-bond donors (Lipinski definition) is 1. The number of nitrogens with zero attached hydrogens (tertiary/aromatic N) is 1. The number of carbonyl (C=O) groups is 2. The molecule has 1 atom stereocenters. The molecule has 1 aromatic carbocycles. The Balaban J connectivity index is 2.11. The van der Waals surface area contributed by atoms with Gasteiger partial charge in [-0.3, -0.25) is 4.79 Å². The van der Waals surface area contributed by atoms with Gasteiger partial charge >= 0.3 is 5.97 Å². The lowest BCUT2D eigenvalue weighted by Gasteiger charge is -2.06. The number of hydrogen-bond acceptors (Lipinski definition) is 5. The second-order valence-electron chi connectivity index (χ2n) is 6.73. The minimum absolute atomic E-state index is 0.142. The van der Waals surface area contributed by atoms with Crippen molar-refractivity contribution in [2.45, 2.75) is 27.2 Å². The fourth-order valence-corrected chi connectivity index (χ4v) is 4.25. The summed E-state index contributed by atoms with van der Waals surface area (Å²) in [6.45, 7) is 5.59. The zero-order chi connectivity index (χ0) is 21.7. The second-order valence-corrected chi connectivity index (χ2v) is 8.14. The summed E-state index contributed by atoms with van der Waals surface area (Å²) in [5.41, 5.74) is 2.68. The number of esters is 1. The molecule has 0 radical (unpaired) electrons. The van der Waals surface area contributed by atoms with E-state index in [9.17, 15) is 9.59 Å². The number of carbonyl (C=O) groups excluding carboxylic acids is 2. The smallest absolute Gasteiger partial charge is 0.350 e. The van der Waals surface area contributed by atoms with Gasteiger partial charge in [-0.1, -0.05) is 55.0 Å². The molecule has 1 aromatic heterocycles. The van der Waals surface area contributed by atoms with Gasteiger partial charge in [-0.25, -0.2) is 9.78 Å². The number of ether oxygens (including phenoxy) is 1. The van der Waals surface area contributed by atoms with Gasteiger partial charge in [0.15, 0.2) is 0 Å². The lowest BCUT2D eigenvalue weighted by Crippen LogP contribution is -2.18. The van der Waals surface area contributed by atoms with Gasteiger partial charge in [-0.05, 0) is 31.4 Å². The molecule has 0 saturated heterocycles. The van der Waals surface area contributed by atoms with E-state index >= 15 is 0 Å². The summed E-state index contributed by atoms with van der Waals surface area (Å²) in [6, 6.07) is 7.27. The molecule has 2 aromatic rings. The quantitative estimate of drug-likeness (QED) is 0.588. The van der Waals surface area contributed by atoms with Gasteiger partial charge in [-0.15, -0.1) is 11.3 Å². The summed E-state index contributed by atoms with van der Waals surface area (Å²) < 4.78 is 5.25. The highest BCUT2D eigenvalue weighted by atomic mass is 35.5. The highest BCUT2D eigenvalue weighted by Crippen LogP contribution is 2.37. The van der Waals surface area contributed by atoms with Crippen molar-refractivity contribution < 1.29 is 14.3 Å². The van der Waals surface area contributed by atoms with Crippen LogP contribution in [0.2, 0.25) is 5.02 Å². The summed E-state index contributed by atoms with van der Waals surface area (Å²) in [4.78, 5) is 29.4. The van der Waals surface area contributed by atoms with Gasteiger partial charge in [0.2, 0.25) is 5.91 Å². The molecule has 1 aliphatic rings. The van der Waals surface area contributed by atoms with Crippen LogP contribution in [-0.4, -0.2) is 23.5 Å². The van der Waals surface area contributed by atoms with Crippen molar-refractivity contribution in [3.63, 3.8) is 0 Å². The minimum atomic E-state index is -0.432. The topological polar surface area (TPSA) is 68.3 Å². The Labute approximate surface area is 185 Å². The highest BCUT2D eigenvalue weighted by molar-refractivity contribution is 7.15. The summed E-state index contributed by atoms with van der Waals surface area (Å²) in [5, 5.41) is 4.02. The molecule has 0 fully saturated rings. The minimum Gasteiger partial charge on any atom is -0.462 e. The molecule has 7 heteroatoms. The predicted octanol–water partition coefficient (Wildman–Crippen LogP) is 5.64. The van der Waals surface area contributed by atoms with Crippen LogP contribution in [0.5, 0.6) is 0 Å². The summed E-state index contributed by atoms with van der Waals surface area (Å²) >= 11 is 7.63. The van der Waals surface area contributed by atoms with Gasteiger partial charge in [0.05, 0.1) is 17.3 Å². The first-order valence-electron chi connectivity index (χ1n) is 9.75. The van der Waals surface area contributed by atoms with E-state index in [4.69, 9.17) is 21.3 Å². The zero-order valence-electron chi connectivity index (χ0n) is 17.1. The van der Waals surface area contributed by atoms with Gasteiger partial charge in [0, 0.05) is 23.8 Å². The molecule has 0 aliphatic heterocycles. The Bertz CT molecular complexity index is 1050. The fraction of sp³-hybridized carbons (Fsp3) is 0.261. The van der Waals surface area contributed by atoms with Crippen LogP contribution in [0.4, 0.5) is 0 Å². The molecule has 5 nitrogen and oxygen atoms in total. The number of aromatic nitrogens is 1. The molecular weight excluding hydrogens is 420 g/mol. The van der Waals surface area contributed by atoms with E-state index in [1.807, 2.05) is 36.4 Å². The van der Waals surface area contributed by atoms with Crippen LogP contribution in [0.15, 0.2) is 54.3 Å². The first-order valence-corrected chi connectivity index (χ1v) is 10.9. The zero-order valence-corrected chi connectivity index (χ0v) is 18.6. The van der Waals surface area contributed by atoms with Crippen molar-refractivity contribution in [2.75, 3.05) is 6.61 Å². The number of rotatable bonds is 6. The standard InChI is InChI=1S/C23H23ClN2O3S/c1-4-15-10-11-16(13-17(12-15)25-14(3)27)22-26-20(18-8-6-7-9-19(18)24)21(30-22)23(28)29-5-2/h6-13,15H,4-5H2,1-3H3,(H,25,27). The largest absolute Gasteiger partial charge is 0.462 e. The molecule has 1 N–H and O–H groups in total. The fourth-order valence-electron chi connectivity index (χ4n) is 3.06. The Kier molecular flexibility index (Phi) is 7.24. The van der Waals surface area contributed by atoms with Crippen molar-refractivity contribution in [2.24, 2.45) is 5.92 Å². The molecule has 1 aliphatic carbocycles. The van der Waals surface area contributed by atoms with Crippen LogP contribution in [-0.2, 0) is 9.53 Å². The average molecular weight is 443 g/mol. The van der Waals surface area contributed by atoms with Gasteiger partial charge < -0.3 is 10.1 Å². The summed E-state index contributed by atoms with van der Waals surface area (Å²) in [7, 11) is 0. The number of amides is 1. The molecule has 0 saturated carbocycles. The molecule has 1 amide bonds. The highest BCUT2D eigenvalue weighted by Gasteiger charge is 2.23. The summed E-state index contributed by atoms with van der Waals surface area (Å²) in [5.74, 6) is -0.386. The van der Waals surface area contributed by atoms with Crippen LogP contribution in [0.1, 0.15) is 41.9 Å². The van der Waals surface area contributed by atoms with Crippen LogP contribution < -0.4 is 5.32 Å². The maximum atomic E-state index is 12.6. The van der Waals surface area contributed by atoms with E-state index in [1.54, 1.807) is 13.0 Å². The number of benzene rings is 1. The van der Waals surface area contributed by atoms with Crippen LogP contribution >= 0.6 is 22.9 Å². The molecule has 3 rings (SSSR count). The Morgan fingerprint density at radius 1 is 1.27 bits per heavy atom. The number of nitrogens with one attached hydrogen (secondary N) is 1. The lowest BCUT2D eigenvalue weighted by atomic mass is 10.1. The molecule has 30 heavy (non-hydrogen) atoms. The average Bonchev–Trinajstić information content (AvgIpc) is 3.04. The third-order valence-electron chi connectivity index (χ3n) is 4.48. The van der Waals surface area contributed by atoms with E-state index in [0.29, 0.717) is 31.9 Å². The van der Waals surface area contributed by atoms with Gasteiger partial charge in [0.1, 0.15) is 9.88 Å². The van der Waals surface area contributed by atoms with E-state index in [-0.39, 0.29) is 18.4 Å². The van der Waals surface area contributed by atoms with E-state index in [2.05, 4.69) is 18.3 Å². The van der Waals surface area contributed by atoms with Crippen molar-refractivity contribution in [3.8, 4) is 11.3 Å². The van der Waals surface area contributed by atoms with Crippen LogP contribution in [0.3, 0.4) is 0 Å². The van der Waals surface area contributed by atoms with Crippen LogP contribution in [0.25, 0.3) is 16.8 Å². The maximum Gasteiger partial charge on any atom is 0.350 e. The van der Waals surface area contributed by atoms with Crippen molar-refractivity contribution in [3.05, 3.63) is 69.2 Å². The van der Waals surface area contributed by atoms with E-state index in [1.165, 1.54) is 18.3 Å². The molecule has 0 bridgehead atoms. The number of allylic oxidation sites excluding steroid dienone is 5. The third kappa shape index (κ3) is 5.07. The monoisotopic (exact) mass is 442 g/mol. The predicted molar refractivity (Wildman–Crippen MR) is 121 cm³/mol. The molecule has 1 unspecified atom stereocenters. The Hall–Kier alpha value is -2.70. The molecule has 0 spiro atoms. The van der Waals surface area contributed by atoms with Crippen molar-refractivity contribution >= 4 is 40.4 Å². The van der Waals surface area contributed by atoms with Crippen molar-refractivity contribution in [1.29, 1.82) is 0 Å². The lowest BCUT2D eigenvalue weighted by molar-refractivity contribution is -0.118. The molecule has 156 valence electrons. The van der Waals surface area contributed by atoms with E-state index < -0.39 is 5.97 Å². The van der Waals surface area contributed by atoms with Gasteiger partial charge in [-0.2, -0.15) is 0 Å². The number of thiazole rings is 1. The third-order valence-corrected chi connectivity index (χ3v) is 5.90. The van der Waals surface area contributed by atoms with E-state index in [0.717, 1.165) is 12.0 Å². The Morgan fingerprint density at radius 3 is 2.70 bits per heavy atom. The molecule has 1 heterocycles. The first kappa shape index (κ1) is 22.0. The summed E-state index contributed by atoms with van der Waals surface area (Å²) in [6.07, 6.45) is 8.83. The number of halogens is 1. The SMILES string of the molecule is CCOC(=O)c1sc(C2=CC(NC(C)=O)=CC(CC)C=C2)nc1-c1ccccc1Cl. The Morgan fingerprint density at radius 2 is 2.03 bits per heavy atom.